The van der Waals surface area contributed by atoms with Crippen LogP contribution in [0.3, 0.4) is 0 Å². The topological polar surface area (TPSA) is 230 Å². The number of aromatic amines is 1. The molecular weight excluding hydrogens is 1040 g/mol. The minimum Gasteiger partial charge on any atom is -0.478 e. The Hall–Kier alpha value is -7.07. The zero-order valence-corrected chi connectivity index (χ0v) is 46.5. The summed E-state index contributed by atoms with van der Waals surface area (Å²) in [5.74, 6) is 0.308. The Balaban J connectivity index is 0.774. The number of benzene rings is 2. The molecule has 80 heavy (non-hydrogen) atoms. The number of piperazine rings is 1. The summed E-state index contributed by atoms with van der Waals surface area (Å²) in [4.78, 5) is 54.9. The van der Waals surface area contributed by atoms with Crippen LogP contribution < -0.4 is 29.1 Å². The average molecular weight is 1110 g/mol. The second kappa shape index (κ2) is 21.4. The fourth-order valence-electron chi connectivity index (χ4n) is 13.3. The van der Waals surface area contributed by atoms with E-state index in [4.69, 9.17) is 19.2 Å². The number of carbonyl (C=O) groups is 1. The number of fused-ring (bicyclic) bond motifs is 3. The Morgan fingerprint density at radius 1 is 1.02 bits per heavy atom. The summed E-state index contributed by atoms with van der Waals surface area (Å²) in [6.07, 6.45) is 13.8. The van der Waals surface area contributed by atoms with Gasteiger partial charge in [-0.1, -0.05) is 38.1 Å². The normalized spacial score (nSPS) is 22.1. The number of aromatic nitrogens is 5. The zero-order valence-electron chi connectivity index (χ0n) is 45.6. The van der Waals surface area contributed by atoms with Crippen LogP contribution in [0.15, 0.2) is 83.4 Å². The highest BCUT2D eigenvalue weighted by Gasteiger charge is 2.50. The van der Waals surface area contributed by atoms with Gasteiger partial charge in [0.05, 0.1) is 42.5 Å². The fourth-order valence-corrected chi connectivity index (χ4v) is 14.4. The summed E-state index contributed by atoms with van der Waals surface area (Å²) < 4.78 is 63.8. The molecule has 4 aromatic heterocycles. The highest BCUT2D eigenvalue weighted by Crippen LogP contribution is 2.54. The maximum atomic E-state index is 15.1. The Kier molecular flexibility index (Phi) is 14.4. The first-order valence-electron chi connectivity index (χ1n) is 28.0. The molecule has 1 atom stereocenters. The molecule has 2 saturated carbocycles. The van der Waals surface area contributed by atoms with E-state index in [-0.39, 0.29) is 74.7 Å². The van der Waals surface area contributed by atoms with Gasteiger partial charge in [0.2, 0.25) is 5.88 Å². The maximum Gasteiger partial charge on any atom is 0.270 e. The van der Waals surface area contributed by atoms with Gasteiger partial charge in [-0.15, -0.1) is 4.91 Å². The zero-order chi connectivity index (χ0) is 55.5. The molecule has 6 aromatic rings. The van der Waals surface area contributed by atoms with Crippen LogP contribution in [0, 0.1) is 16.2 Å². The molecule has 19 nitrogen and oxygen atoms in total. The van der Waals surface area contributed by atoms with Gasteiger partial charge in [0.15, 0.2) is 5.75 Å². The van der Waals surface area contributed by atoms with E-state index < -0.39 is 32.3 Å². The number of halogens is 1. The number of carbonyl (C=O) groups excluding carboxylic acids is 1. The van der Waals surface area contributed by atoms with Crippen LogP contribution in [0.25, 0.3) is 16.9 Å². The van der Waals surface area contributed by atoms with Crippen molar-refractivity contribution in [1.29, 1.82) is 0 Å². The Morgan fingerprint density at radius 3 is 2.60 bits per heavy atom. The number of anilines is 2. The monoisotopic (exact) mass is 1110 g/mol. The number of allylic oxidation sites excluding steroid dienone is 1. The number of methoxy groups -OCH3 is 1. The van der Waals surface area contributed by atoms with Crippen LogP contribution in [0.2, 0.25) is 0 Å². The Labute approximate surface area is 464 Å². The summed E-state index contributed by atoms with van der Waals surface area (Å²) in [6.45, 7) is 12.6. The molecule has 3 aliphatic carbocycles. The van der Waals surface area contributed by atoms with Crippen LogP contribution >= 0.6 is 0 Å². The van der Waals surface area contributed by atoms with E-state index in [1.807, 2.05) is 13.1 Å². The lowest BCUT2D eigenvalue weighted by Gasteiger charge is -2.58. The van der Waals surface area contributed by atoms with Gasteiger partial charge in [0.25, 0.3) is 21.8 Å². The van der Waals surface area contributed by atoms with Crippen LogP contribution in [0.4, 0.5) is 21.6 Å². The molecule has 0 radical (unpaired) electrons. The van der Waals surface area contributed by atoms with Crippen molar-refractivity contribution < 1.29 is 36.9 Å². The Bertz CT molecular complexity index is 3510. The quantitative estimate of drug-likeness (QED) is 0.0661. The molecule has 3 aliphatic heterocycles. The van der Waals surface area contributed by atoms with Crippen molar-refractivity contribution in [2.75, 3.05) is 63.2 Å². The molecular formula is C59H68FN11O8S. The summed E-state index contributed by atoms with van der Waals surface area (Å²) in [5.41, 5.74) is 5.48. The molecule has 420 valence electrons. The van der Waals surface area contributed by atoms with Gasteiger partial charge in [-0.25, -0.2) is 37.5 Å². The van der Waals surface area contributed by atoms with E-state index in [1.54, 1.807) is 6.07 Å². The number of piperidine rings is 1. The molecule has 7 heterocycles. The number of amides is 1. The number of hydrogen-bond donors (Lipinski definition) is 4. The van der Waals surface area contributed by atoms with Gasteiger partial charge < -0.3 is 34.5 Å². The van der Waals surface area contributed by atoms with Crippen molar-refractivity contribution >= 4 is 50.0 Å². The van der Waals surface area contributed by atoms with Crippen molar-refractivity contribution in [2.45, 2.75) is 120 Å². The number of sulfonamides is 1. The molecule has 0 unspecified atom stereocenters. The van der Waals surface area contributed by atoms with E-state index >= 15 is 4.39 Å². The number of hydrogen-bond acceptors (Lipinski definition) is 17. The predicted molar refractivity (Wildman–Crippen MR) is 301 cm³/mol. The lowest BCUT2D eigenvalue weighted by molar-refractivity contribution is -0.0628. The maximum absolute atomic E-state index is 15.1. The summed E-state index contributed by atoms with van der Waals surface area (Å²) >= 11 is 0. The van der Waals surface area contributed by atoms with E-state index in [9.17, 15) is 23.2 Å². The summed E-state index contributed by atoms with van der Waals surface area (Å²) in [5, 5.41) is 16.9. The smallest absolute Gasteiger partial charge is 0.270 e. The van der Waals surface area contributed by atoms with Gasteiger partial charge in [-0.3, -0.25) is 14.6 Å². The molecule has 1 amide bonds. The fraction of sp³-hybridized carbons (Fsp3) is 0.475. The average Bonchev–Trinajstić information content (AvgIpc) is 4.29. The molecule has 2 aromatic carbocycles. The Morgan fingerprint density at radius 2 is 1.82 bits per heavy atom. The van der Waals surface area contributed by atoms with Crippen molar-refractivity contribution in [1.82, 2.24) is 39.4 Å². The van der Waals surface area contributed by atoms with Crippen molar-refractivity contribution in [3.05, 3.63) is 117 Å². The van der Waals surface area contributed by atoms with Crippen molar-refractivity contribution in [2.24, 2.45) is 16.5 Å². The molecule has 2 saturated heterocycles. The molecule has 4 fully saturated rings. The van der Waals surface area contributed by atoms with Crippen LogP contribution in [0.5, 0.6) is 23.3 Å². The number of nitrogens with one attached hydrogen (secondary N) is 3. The first-order valence-corrected chi connectivity index (χ1v) is 29.5. The molecule has 0 bridgehead atoms. The number of nitrogens with zero attached hydrogens (tertiary/aromatic N) is 8. The van der Waals surface area contributed by atoms with E-state index in [2.05, 4.69) is 94.0 Å². The van der Waals surface area contributed by atoms with Crippen molar-refractivity contribution in [3.8, 4) is 23.3 Å². The largest absolute Gasteiger partial charge is 0.478 e. The van der Waals surface area contributed by atoms with Crippen LogP contribution in [-0.2, 0) is 29.4 Å². The van der Waals surface area contributed by atoms with Gasteiger partial charge in [-0.2, -0.15) is 0 Å². The molecule has 1 spiro atoms. The number of H-pyrrole nitrogens is 1. The number of nitroso groups, excluding NO2 is 1. The van der Waals surface area contributed by atoms with Gasteiger partial charge in [0, 0.05) is 100 Å². The number of rotatable bonds is 16. The first kappa shape index (κ1) is 53.6. The standard InChI is InChI=1S/C59H68FN11O8S/c1-35(2)39-7-5-6-8-41(39)47-33-69(32-37-13-19-61-56-40(37)14-24-78-56)22-23-71(47)38-28-59(29-38)17-20-70(21-18-59)51-27-48(79-49-25-42-44(60)9-10-45(42)66-57(49)77-4)43(31-62-51)55(72)68-80(75,76)50-26-46(67-74)52(54-53(50)64-34-65-54)63-30-36-11-15-58(3,73)16-12-36/h5-9,13,19,25-27,31,34-36,38,47,63,73H,10-12,14-18,20-24,28-30,32-33H2,1-4H3,(H,64,65)(H,68,72)/t36?,47-,58?/m0/s1. The minimum atomic E-state index is -4.75. The molecule has 21 heteroatoms. The summed E-state index contributed by atoms with van der Waals surface area (Å²) in [6, 6.07) is 15.9. The molecule has 6 aliphatic rings. The van der Waals surface area contributed by atoms with Crippen molar-refractivity contribution in [3.63, 3.8) is 0 Å². The van der Waals surface area contributed by atoms with E-state index in [0.29, 0.717) is 62.6 Å². The lowest BCUT2D eigenvalue weighted by atomic mass is 9.59. The lowest BCUT2D eigenvalue weighted by Crippen LogP contribution is -2.60. The molecule has 12 rings (SSSR count). The number of pyridine rings is 3. The number of aliphatic hydroxyl groups is 1. The summed E-state index contributed by atoms with van der Waals surface area (Å²) in [7, 11) is -3.35. The van der Waals surface area contributed by atoms with E-state index in [1.165, 1.54) is 54.0 Å². The first-order chi connectivity index (χ1) is 38.6. The van der Waals surface area contributed by atoms with Gasteiger partial charge in [0.1, 0.15) is 39.1 Å². The third-order valence-corrected chi connectivity index (χ3v) is 19.2. The third-order valence-electron chi connectivity index (χ3n) is 17.8. The number of ether oxygens (including phenoxy) is 3. The number of imidazole rings is 1. The van der Waals surface area contributed by atoms with Crippen LogP contribution in [-0.4, -0.2) is 119 Å². The highest BCUT2D eigenvalue weighted by atomic mass is 32.2. The minimum absolute atomic E-state index is 0.0103. The van der Waals surface area contributed by atoms with Gasteiger partial charge in [-0.05, 0) is 122 Å². The third kappa shape index (κ3) is 10.4. The predicted octanol–water partition coefficient (Wildman–Crippen LogP) is 9.65. The SMILES string of the molecule is COc1nc2c(cc1Oc1cc(N3CCC4(CC3)CC(N3CCN(Cc5ccnc6c5CCO6)C[C@H]3c3ccccc3C(C)C)C4)ncc1C(=O)NS(=O)(=O)c1cc(N=O)c(NCC3CCC(C)(O)CC3)c3[nH]cnc13)C(F)=CC2. The van der Waals surface area contributed by atoms with Crippen LogP contribution in [0.1, 0.15) is 128 Å². The molecule has 4 N–H and O–H groups in total. The van der Waals surface area contributed by atoms with E-state index in [0.717, 1.165) is 83.1 Å². The highest BCUT2D eigenvalue weighted by molar-refractivity contribution is 7.90. The second-order valence-corrected chi connectivity index (χ2v) is 25.0. The van der Waals surface area contributed by atoms with Gasteiger partial charge >= 0.3 is 0 Å². The second-order valence-electron chi connectivity index (χ2n) is 23.3.